The summed E-state index contributed by atoms with van der Waals surface area (Å²) in [5, 5.41) is 3.44. The molecule has 1 saturated carbocycles. The van der Waals surface area contributed by atoms with Gasteiger partial charge >= 0.3 is 0 Å². The molecule has 1 atom stereocenters. The van der Waals surface area contributed by atoms with E-state index >= 15 is 0 Å². The van der Waals surface area contributed by atoms with Gasteiger partial charge in [0.15, 0.2) is 10.3 Å². The number of aromatic nitrogens is 3. The summed E-state index contributed by atoms with van der Waals surface area (Å²) < 4.78 is 1.88. The molecule has 146 valence electrons. The first-order chi connectivity index (χ1) is 13.8. The Morgan fingerprint density at radius 1 is 1.18 bits per heavy atom. The standard InChI is InChI=1S/C21H25N5OS/c27-21-18-20(28-14-23-18)24-19(26(21)13-16-4-2-1-3-5-16)17(12-15-6-7-15)25-10-8-22-9-11-25/h1-5,14-15,17,22H,6-13H2. The zero-order valence-electron chi connectivity index (χ0n) is 15.9. The summed E-state index contributed by atoms with van der Waals surface area (Å²) in [4.78, 5) is 25.9. The van der Waals surface area contributed by atoms with Gasteiger partial charge in [-0.05, 0) is 17.9 Å². The molecular formula is C21H25N5OS. The Morgan fingerprint density at radius 3 is 2.71 bits per heavy atom. The third-order valence-corrected chi connectivity index (χ3v) is 6.54. The lowest BCUT2D eigenvalue weighted by Crippen LogP contribution is -2.46. The van der Waals surface area contributed by atoms with Crippen LogP contribution in [0.4, 0.5) is 0 Å². The fourth-order valence-electron chi connectivity index (χ4n) is 4.12. The van der Waals surface area contributed by atoms with Crippen LogP contribution in [-0.2, 0) is 6.54 Å². The molecule has 1 aliphatic heterocycles. The molecule has 2 aliphatic rings. The van der Waals surface area contributed by atoms with E-state index < -0.39 is 0 Å². The van der Waals surface area contributed by atoms with E-state index in [1.165, 1.54) is 24.2 Å². The second kappa shape index (κ2) is 7.73. The highest BCUT2D eigenvalue weighted by atomic mass is 32.1. The second-order valence-corrected chi connectivity index (χ2v) is 8.67. The van der Waals surface area contributed by atoms with Gasteiger partial charge in [0.1, 0.15) is 5.82 Å². The molecule has 1 saturated heterocycles. The van der Waals surface area contributed by atoms with Gasteiger partial charge in [-0.3, -0.25) is 14.3 Å². The third kappa shape index (κ3) is 3.62. The zero-order valence-corrected chi connectivity index (χ0v) is 16.7. The monoisotopic (exact) mass is 395 g/mol. The second-order valence-electron chi connectivity index (χ2n) is 7.83. The van der Waals surface area contributed by atoms with Crippen LogP contribution in [0.3, 0.4) is 0 Å². The largest absolute Gasteiger partial charge is 0.314 e. The van der Waals surface area contributed by atoms with Crippen LogP contribution < -0.4 is 10.9 Å². The summed E-state index contributed by atoms with van der Waals surface area (Å²) in [6.07, 6.45) is 3.69. The maximum absolute atomic E-state index is 13.3. The molecule has 6 nitrogen and oxygen atoms in total. The maximum atomic E-state index is 13.3. The Hall–Kier alpha value is -2.09. The van der Waals surface area contributed by atoms with Crippen molar-refractivity contribution in [2.24, 2.45) is 5.92 Å². The van der Waals surface area contributed by atoms with Crippen LogP contribution in [0.5, 0.6) is 0 Å². The quantitative estimate of drug-likeness (QED) is 0.695. The fourth-order valence-corrected chi connectivity index (χ4v) is 4.77. The lowest BCUT2D eigenvalue weighted by Gasteiger charge is -2.35. The topological polar surface area (TPSA) is 63.1 Å². The Kier molecular flexibility index (Phi) is 4.96. The highest BCUT2D eigenvalue weighted by molar-refractivity contribution is 7.16. The van der Waals surface area contributed by atoms with E-state index in [1.807, 2.05) is 22.8 Å². The van der Waals surface area contributed by atoms with Gasteiger partial charge in [-0.1, -0.05) is 43.2 Å². The number of piperazine rings is 1. The molecule has 1 aliphatic carbocycles. The molecule has 0 spiro atoms. The van der Waals surface area contributed by atoms with Crippen molar-refractivity contribution in [3.8, 4) is 0 Å². The Labute approximate surface area is 168 Å². The van der Waals surface area contributed by atoms with Crippen LogP contribution in [-0.4, -0.2) is 45.6 Å². The normalized spacial score (nSPS) is 19.1. The number of hydrogen-bond acceptors (Lipinski definition) is 6. The minimum absolute atomic E-state index is 0.0129. The van der Waals surface area contributed by atoms with Crippen molar-refractivity contribution in [2.45, 2.75) is 31.8 Å². The van der Waals surface area contributed by atoms with Crippen molar-refractivity contribution in [2.75, 3.05) is 26.2 Å². The van der Waals surface area contributed by atoms with Gasteiger partial charge in [-0.2, -0.15) is 0 Å². The molecule has 2 aromatic heterocycles. The van der Waals surface area contributed by atoms with E-state index in [0.29, 0.717) is 12.1 Å². The number of nitrogens with one attached hydrogen (secondary N) is 1. The summed E-state index contributed by atoms with van der Waals surface area (Å²) in [5.74, 6) is 1.68. The number of thiazole rings is 1. The average Bonchev–Trinajstić information content (AvgIpc) is 3.44. The van der Waals surface area contributed by atoms with Gasteiger partial charge in [-0.25, -0.2) is 9.97 Å². The zero-order chi connectivity index (χ0) is 18.9. The number of benzene rings is 1. The van der Waals surface area contributed by atoms with Gasteiger partial charge in [0.05, 0.1) is 18.1 Å². The predicted octanol–water partition coefficient (Wildman–Crippen LogP) is 2.65. The van der Waals surface area contributed by atoms with Crippen molar-refractivity contribution in [3.05, 3.63) is 57.6 Å². The number of rotatable bonds is 6. The van der Waals surface area contributed by atoms with Crippen LogP contribution in [0.1, 0.15) is 36.7 Å². The van der Waals surface area contributed by atoms with E-state index in [2.05, 4.69) is 27.3 Å². The van der Waals surface area contributed by atoms with Gasteiger partial charge < -0.3 is 5.32 Å². The van der Waals surface area contributed by atoms with Gasteiger partial charge in [0.25, 0.3) is 5.56 Å². The molecule has 1 aromatic carbocycles. The molecule has 2 fully saturated rings. The van der Waals surface area contributed by atoms with Gasteiger partial charge in [-0.15, -0.1) is 11.3 Å². The molecule has 1 unspecified atom stereocenters. The summed E-state index contributed by atoms with van der Waals surface area (Å²) in [6.45, 7) is 4.53. The van der Waals surface area contributed by atoms with Crippen LogP contribution in [0, 0.1) is 5.92 Å². The van der Waals surface area contributed by atoms with Crippen molar-refractivity contribution < 1.29 is 0 Å². The Morgan fingerprint density at radius 2 is 1.96 bits per heavy atom. The summed E-state index contributed by atoms with van der Waals surface area (Å²) in [7, 11) is 0. The SMILES string of the molecule is O=c1c2ncsc2nc(C(CC2CC2)N2CCNCC2)n1Cc1ccccc1. The highest BCUT2D eigenvalue weighted by Gasteiger charge is 2.33. The van der Waals surface area contributed by atoms with E-state index in [-0.39, 0.29) is 11.6 Å². The molecular weight excluding hydrogens is 370 g/mol. The minimum atomic E-state index is -0.0129. The maximum Gasteiger partial charge on any atom is 0.281 e. The van der Waals surface area contributed by atoms with Gasteiger partial charge in [0, 0.05) is 26.2 Å². The van der Waals surface area contributed by atoms with Crippen molar-refractivity contribution >= 4 is 21.7 Å². The first kappa shape index (κ1) is 18.0. The number of fused-ring (bicyclic) bond motifs is 1. The molecule has 0 amide bonds. The Balaban J connectivity index is 1.62. The van der Waals surface area contributed by atoms with Crippen LogP contribution in [0.2, 0.25) is 0 Å². The first-order valence-electron chi connectivity index (χ1n) is 10.1. The lowest BCUT2D eigenvalue weighted by atomic mass is 10.1. The number of hydrogen-bond donors (Lipinski definition) is 1. The molecule has 0 radical (unpaired) electrons. The van der Waals surface area contributed by atoms with Crippen LogP contribution in [0.25, 0.3) is 10.3 Å². The summed E-state index contributed by atoms with van der Waals surface area (Å²) in [6, 6.07) is 10.4. The molecule has 3 aromatic rings. The summed E-state index contributed by atoms with van der Waals surface area (Å²) >= 11 is 1.46. The van der Waals surface area contributed by atoms with Crippen LogP contribution in [0.15, 0.2) is 40.6 Å². The lowest BCUT2D eigenvalue weighted by molar-refractivity contribution is 0.150. The predicted molar refractivity (Wildman–Crippen MR) is 112 cm³/mol. The van der Waals surface area contributed by atoms with Gasteiger partial charge in [0.2, 0.25) is 0 Å². The average molecular weight is 396 g/mol. The molecule has 7 heteroatoms. The third-order valence-electron chi connectivity index (χ3n) is 5.82. The molecule has 28 heavy (non-hydrogen) atoms. The highest BCUT2D eigenvalue weighted by Crippen LogP contribution is 2.40. The molecule has 1 N–H and O–H groups in total. The minimum Gasteiger partial charge on any atom is -0.314 e. The van der Waals surface area contributed by atoms with Crippen molar-refractivity contribution in [3.63, 3.8) is 0 Å². The van der Waals surface area contributed by atoms with E-state index in [4.69, 9.17) is 4.98 Å². The van der Waals surface area contributed by atoms with Crippen molar-refractivity contribution in [1.82, 2.24) is 24.8 Å². The van der Waals surface area contributed by atoms with E-state index in [9.17, 15) is 4.79 Å². The molecule has 5 rings (SSSR count). The molecule has 3 heterocycles. The first-order valence-corrected chi connectivity index (χ1v) is 11.0. The van der Waals surface area contributed by atoms with E-state index in [0.717, 1.165) is 54.7 Å². The molecule has 0 bridgehead atoms. The van der Waals surface area contributed by atoms with Crippen molar-refractivity contribution in [1.29, 1.82) is 0 Å². The fraction of sp³-hybridized carbons (Fsp3) is 0.476. The number of nitrogens with zero attached hydrogens (tertiary/aromatic N) is 4. The Bertz CT molecular complexity index is 1000. The smallest absolute Gasteiger partial charge is 0.281 e. The van der Waals surface area contributed by atoms with E-state index in [1.54, 1.807) is 5.51 Å². The summed E-state index contributed by atoms with van der Waals surface area (Å²) in [5.41, 5.74) is 3.33. The van der Waals surface area contributed by atoms with Crippen LogP contribution >= 0.6 is 11.3 Å².